The van der Waals surface area contributed by atoms with Crippen molar-refractivity contribution in [2.45, 2.75) is 18.3 Å². The minimum absolute atomic E-state index is 0.395. The molecule has 7 heteroatoms. The Morgan fingerprint density at radius 1 is 1.30 bits per heavy atom. The lowest BCUT2D eigenvalue weighted by Gasteiger charge is -2.27. The van der Waals surface area contributed by atoms with Crippen molar-refractivity contribution in [3.05, 3.63) is 24.3 Å². The van der Waals surface area contributed by atoms with Crippen molar-refractivity contribution < 1.29 is 23.0 Å². The van der Waals surface area contributed by atoms with Crippen LogP contribution in [0.25, 0.3) is 0 Å². The number of rotatable bonds is 6. The lowest BCUT2D eigenvalue weighted by Crippen LogP contribution is -2.44. The second-order valence-corrected chi connectivity index (χ2v) is 4.71. The van der Waals surface area contributed by atoms with Gasteiger partial charge >= 0.3 is 11.4 Å². The van der Waals surface area contributed by atoms with Gasteiger partial charge in [0.15, 0.2) is 0 Å². The average Bonchev–Trinajstić information content (AvgIpc) is 2.42. The summed E-state index contributed by atoms with van der Waals surface area (Å²) in [6.45, 7) is 1.32. The SMILES string of the molecule is COC(=O)[C@H](C)[C@H](Nc1ccc(OC)cc1)C(F)(F)Cl. The fraction of sp³-hybridized carbons (Fsp3) is 0.462. The first kappa shape index (κ1) is 16.5. The number of benzene rings is 1. The molecule has 1 aromatic rings. The van der Waals surface area contributed by atoms with Crippen LogP contribution in [0.1, 0.15) is 6.92 Å². The lowest BCUT2D eigenvalue weighted by atomic mass is 10.0. The van der Waals surface area contributed by atoms with Gasteiger partial charge in [0.2, 0.25) is 0 Å². The van der Waals surface area contributed by atoms with Gasteiger partial charge in [-0.3, -0.25) is 4.79 Å². The smallest absolute Gasteiger partial charge is 0.342 e. The Balaban J connectivity index is 2.92. The largest absolute Gasteiger partial charge is 0.497 e. The van der Waals surface area contributed by atoms with E-state index >= 15 is 0 Å². The molecule has 0 aliphatic carbocycles. The molecule has 0 radical (unpaired) electrons. The molecule has 0 spiro atoms. The van der Waals surface area contributed by atoms with E-state index in [4.69, 9.17) is 16.3 Å². The summed E-state index contributed by atoms with van der Waals surface area (Å²) < 4.78 is 36.3. The standard InChI is InChI=1S/C13H16ClF2NO3/c1-8(12(18)20-3)11(13(14,15)16)17-9-4-6-10(19-2)7-5-9/h4-8,11,17H,1-3H3/t8-,11+/m1/s1. The number of alkyl halides is 3. The topological polar surface area (TPSA) is 47.6 Å². The van der Waals surface area contributed by atoms with E-state index < -0.39 is 23.3 Å². The van der Waals surface area contributed by atoms with Crippen LogP contribution in [0.15, 0.2) is 24.3 Å². The molecule has 0 saturated heterocycles. The summed E-state index contributed by atoms with van der Waals surface area (Å²) in [6.07, 6.45) is 0. The van der Waals surface area contributed by atoms with Crippen LogP contribution in [0, 0.1) is 5.92 Å². The van der Waals surface area contributed by atoms with Crippen LogP contribution in [0.5, 0.6) is 5.75 Å². The summed E-state index contributed by atoms with van der Waals surface area (Å²) in [5, 5.41) is -1.06. The number of hydrogen-bond acceptors (Lipinski definition) is 4. The number of ether oxygens (including phenoxy) is 2. The summed E-state index contributed by atoms with van der Waals surface area (Å²) in [5.41, 5.74) is 0.395. The number of esters is 1. The Morgan fingerprint density at radius 2 is 1.85 bits per heavy atom. The van der Waals surface area contributed by atoms with Gasteiger partial charge < -0.3 is 14.8 Å². The Hall–Kier alpha value is -1.56. The van der Waals surface area contributed by atoms with E-state index in [-0.39, 0.29) is 0 Å². The fourth-order valence-electron chi connectivity index (χ4n) is 1.68. The Kier molecular flexibility index (Phi) is 5.56. The fourth-order valence-corrected chi connectivity index (χ4v) is 1.92. The molecule has 4 nitrogen and oxygen atoms in total. The quantitative estimate of drug-likeness (QED) is 0.648. The molecule has 112 valence electrons. The van der Waals surface area contributed by atoms with Crippen LogP contribution in [-0.4, -0.2) is 31.6 Å². The molecule has 0 unspecified atom stereocenters. The van der Waals surface area contributed by atoms with Gasteiger partial charge in [0.05, 0.1) is 20.1 Å². The maximum atomic E-state index is 13.4. The second kappa shape index (κ2) is 6.74. The number of carbonyl (C=O) groups excluding carboxylic acids is 1. The van der Waals surface area contributed by atoms with Crippen molar-refractivity contribution in [2.75, 3.05) is 19.5 Å². The predicted molar refractivity (Wildman–Crippen MR) is 72.4 cm³/mol. The Labute approximate surface area is 121 Å². The average molecular weight is 308 g/mol. The van der Waals surface area contributed by atoms with Crippen molar-refractivity contribution in [2.24, 2.45) is 5.92 Å². The number of hydrogen-bond donors (Lipinski definition) is 1. The van der Waals surface area contributed by atoms with Crippen LogP contribution in [0.3, 0.4) is 0 Å². The monoisotopic (exact) mass is 307 g/mol. The molecule has 0 amide bonds. The highest BCUT2D eigenvalue weighted by Gasteiger charge is 2.44. The number of nitrogens with one attached hydrogen (secondary N) is 1. The molecule has 0 bridgehead atoms. The second-order valence-electron chi connectivity index (χ2n) is 4.20. The maximum absolute atomic E-state index is 13.4. The van der Waals surface area contributed by atoms with Gasteiger partial charge in [-0.05, 0) is 42.8 Å². The third-order valence-corrected chi connectivity index (χ3v) is 3.07. The van der Waals surface area contributed by atoms with Crippen LogP contribution < -0.4 is 10.1 Å². The molecule has 0 aromatic heterocycles. The highest BCUT2D eigenvalue weighted by Crippen LogP contribution is 2.32. The van der Waals surface area contributed by atoms with Crippen molar-refractivity contribution in [1.82, 2.24) is 0 Å². The number of carbonyl (C=O) groups is 1. The zero-order chi connectivity index (χ0) is 15.3. The molecule has 2 atom stereocenters. The van der Waals surface area contributed by atoms with Gasteiger partial charge in [0.25, 0.3) is 0 Å². The molecule has 0 fully saturated rings. The first-order valence-corrected chi connectivity index (χ1v) is 6.22. The molecule has 1 aromatic carbocycles. The minimum Gasteiger partial charge on any atom is -0.497 e. The zero-order valence-corrected chi connectivity index (χ0v) is 12.1. The van der Waals surface area contributed by atoms with E-state index in [0.717, 1.165) is 7.11 Å². The summed E-state index contributed by atoms with van der Waals surface area (Å²) in [6, 6.07) is 4.73. The molecule has 1 rings (SSSR count). The van der Waals surface area contributed by atoms with Crippen LogP contribution in [-0.2, 0) is 9.53 Å². The van der Waals surface area contributed by atoms with Gasteiger partial charge in [-0.15, -0.1) is 0 Å². The van der Waals surface area contributed by atoms with E-state index in [9.17, 15) is 13.6 Å². The van der Waals surface area contributed by atoms with E-state index in [1.54, 1.807) is 24.3 Å². The first-order chi connectivity index (χ1) is 9.29. The molecule has 1 N–H and O–H groups in total. The van der Waals surface area contributed by atoms with Crippen molar-refractivity contribution >= 4 is 23.3 Å². The Bertz CT molecular complexity index is 448. The lowest BCUT2D eigenvalue weighted by molar-refractivity contribution is -0.147. The van der Waals surface area contributed by atoms with E-state index in [0.29, 0.717) is 11.4 Å². The summed E-state index contributed by atoms with van der Waals surface area (Å²) >= 11 is 5.08. The van der Waals surface area contributed by atoms with Crippen molar-refractivity contribution in [1.29, 1.82) is 0 Å². The number of halogens is 3. The molecule has 0 aliphatic heterocycles. The summed E-state index contributed by atoms with van der Waals surface area (Å²) in [5.74, 6) is -1.29. The van der Waals surface area contributed by atoms with Crippen LogP contribution in [0.4, 0.5) is 14.5 Å². The highest BCUT2D eigenvalue weighted by molar-refractivity contribution is 6.22. The molecule has 0 saturated carbocycles. The predicted octanol–water partition coefficient (Wildman–Crippen LogP) is 3.12. The molecular weight excluding hydrogens is 292 g/mol. The number of methoxy groups -OCH3 is 2. The molecule has 20 heavy (non-hydrogen) atoms. The van der Waals surface area contributed by atoms with Crippen molar-refractivity contribution in [3.63, 3.8) is 0 Å². The Morgan fingerprint density at radius 3 is 2.25 bits per heavy atom. The van der Waals surface area contributed by atoms with Gasteiger partial charge in [-0.2, -0.15) is 8.78 Å². The van der Waals surface area contributed by atoms with E-state index in [2.05, 4.69) is 10.1 Å². The van der Waals surface area contributed by atoms with Crippen LogP contribution in [0.2, 0.25) is 0 Å². The third-order valence-electron chi connectivity index (χ3n) is 2.84. The maximum Gasteiger partial charge on any atom is 0.342 e. The van der Waals surface area contributed by atoms with E-state index in [1.807, 2.05) is 0 Å². The molecule has 0 aliphatic rings. The van der Waals surface area contributed by atoms with Crippen LogP contribution >= 0.6 is 11.6 Å². The van der Waals surface area contributed by atoms with Gasteiger partial charge in [0, 0.05) is 5.69 Å². The highest BCUT2D eigenvalue weighted by atomic mass is 35.5. The zero-order valence-electron chi connectivity index (χ0n) is 11.3. The van der Waals surface area contributed by atoms with Gasteiger partial charge in [0.1, 0.15) is 11.8 Å². The summed E-state index contributed by atoms with van der Waals surface area (Å²) in [7, 11) is 2.63. The van der Waals surface area contributed by atoms with E-state index in [1.165, 1.54) is 14.0 Å². The third kappa shape index (κ3) is 4.23. The molecular formula is C13H16ClF2NO3. The number of anilines is 1. The minimum atomic E-state index is -3.60. The molecule has 0 heterocycles. The first-order valence-electron chi connectivity index (χ1n) is 5.84. The van der Waals surface area contributed by atoms with Crippen molar-refractivity contribution in [3.8, 4) is 5.75 Å². The summed E-state index contributed by atoms with van der Waals surface area (Å²) in [4.78, 5) is 11.4. The normalized spacial score (nSPS) is 14.3. The van der Waals surface area contributed by atoms with Gasteiger partial charge in [-0.25, -0.2) is 0 Å². The van der Waals surface area contributed by atoms with Gasteiger partial charge in [-0.1, -0.05) is 0 Å².